The van der Waals surface area contributed by atoms with Gasteiger partial charge in [-0.3, -0.25) is 19.5 Å². The van der Waals surface area contributed by atoms with E-state index >= 15 is 0 Å². The third-order valence-electron chi connectivity index (χ3n) is 5.98. The molecule has 1 atom stereocenters. The molecule has 180 valence electrons. The Balaban J connectivity index is 1.62. The molecule has 0 radical (unpaired) electrons. The molecule has 1 aromatic carbocycles. The number of aromatic nitrogens is 1. The number of ketones is 1. The zero-order valence-corrected chi connectivity index (χ0v) is 19.6. The highest BCUT2D eigenvalue weighted by Crippen LogP contribution is 2.38. The quantitative estimate of drug-likeness (QED) is 0.364. The lowest BCUT2D eigenvalue weighted by Crippen LogP contribution is -2.39. The van der Waals surface area contributed by atoms with Crippen LogP contribution in [0.2, 0.25) is 0 Å². The lowest BCUT2D eigenvalue weighted by molar-refractivity contribution is -0.140. The molecule has 2 aromatic rings. The normalized spacial score (nSPS) is 20.8. The van der Waals surface area contributed by atoms with Gasteiger partial charge in [-0.05, 0) is 56.7 Å². The molecule has 2 aliphatic rings. The molecule has 2 aliphatic heterocycles. The lowest BCUT2D eigenvalue weighted by atomic mass is 9.98. The molecule has 1 unspecified atom stereocenters. The molecule has 8 nitrogen and oxygen atoms in total. The van der Waals surface area contributed by atoms with Crippen LogP contribution in [-0.2, 0) is 14.3 Å². The van der Waals surface area contributed by atoms with E-state index in [-0.39, 0.29) is 17.4 Å². The molecule has 0 spiro atoms. The minimum Gasteiger partial charge on any atom is -0.507 e. The number of aliphatic hydroxyl groups is 1. The first kappa shape index (κ1) is 23.9. The maximum atomic E-state index is 13.1. The molecule has 34 heavy (non-hydrogen) atoms. The molecular formula is C26H31N3O5. The molecule has 0 aliphatic carbocycles. The van der Waals surface area contributed by atoms with E-state index in [0.717, 1.165) is 19.6 Å². The number of hydrogen-bond acceptors (Lipinski definition) is 7. The van der Waals surface area contributed by atoms with Crippen molar-refractivity contribution >= 4 is 17.4 Å². The maximum Gasteiger partial charge on any atom is 0.295 e. The summed E-state index contributed by atoms with van der Waals surface area (Å²) in [7, 11) is 0. The molecular weight excluding hydrogens is 434 g/mol. The molecule has 2 saturated heterocycles. The van der Waals surface area contributed by atoms with Crippen molar-refractivity contribution in [2.45, 2.75) is 32.4 Å². The number of pyridine rings is 1. The average molecular weight is 466 g/mol. The number of morpholine rings is 1. The predicted octanol–water partition coefficient (Wildman–Crippen LogP) is 3.01. The van der Waals surface area contributed by atoms with E-state index in [0.29, 0.717) is 43.2 Å². The predicted molar refractivity (Wildman–Crippen MR) is 127 cm³/mol. The van der Waals surface area contributed by atoms with Crippen LogP contribution in [0, 0.1) is 0 Å². The Morgan fingerprint density at radius 2 is 1.85 bits per heavy atom. The molecule has 0 bridgehead atoms. The minimum atomic E-state index is -0.738. The van der Waals surface area contributed by atoms with Gasteiger partial charge >= 0.3 is 0 Å². The Morgan fingerprint density at radius 1 is 1.12 bits per heavy atom. The van der Waals surface area contributed by atoms with E-state index < -0.39 is 17.7 Å². The second-order valence-electron chi connectivity index (χ2n) is 8.75. The maximum absolute atomic E-state index is 13.1. The zero-order chi connectivity index (χ0) is 24.1. The van der Waals surface area contributed by atoms with Crippen LogP contribution in [-0.4, -0.2) is 77.1 Å². The van der Waals surface area contributed by atoms with E-state index in [9.17, 15) is 14.7 Å². The highest BCUT2D eigenvalue weighted by Gasteiger charge is 2.46. The largest absolute Gasteiger partial charge is 0.507 e. The molecule has 1 N–H and O–H groups in total. The van der Waals surface area contributed by atoms with Gasteiger partial charge in [0.05, 0.1) is 30.6 Å². The van der Waals surface area contributed by atoms with E-state index in [4.69, 9.17) is 9.47 Å². The highest BCUT2D eigenvalue weighted by atomic mass is 16.5. The number of amides is 1. The smallest absolute Gasteiger partial charge is 0.295 e. The SMILES string of the molecule is CC(C)Oc1ccc(/C(O)=C2\C(=O)C(=O)N(CCCN3CCOCC3)C2c2ccccn2)cc1. The topological polar surface area (TPSA) is 92.2 Å². The van der Waals surface area contributed by atoms with Gasteiger partial charge in [0.25, 0.3) is 11.7 Å². The van der Waals surface area contributed by atoms with E-state index in [1.807, 2.05) is 19.9 Å². The number of aliphatic hydroxyl groups excluding tert-OH is 1. The Hall–Kier alpha value is -3.23. The van der Waals surface area contributed by atoms with Crippen LogP contribution in [0.3, 0.4) is 0 Å². The zero-order valence-electron chi connectivity index (χ0n) is 19.6. The van der Waals surface area contributed by atoms with E-state index in [1.165, 1.54) is 4.90 Å². The Kier molecular flexibility index (Phi) is 7.59. The summed E-state index contributed by atoms with van der Waals surface area (Å²) in [6, 6.07) is 11.5. The number of carbonyl (C=O) groups is 2. The van der Waals surface area contributed by atoms with Gasteiger partial charge in [-0.1, -0.05) is 6.07 Å². The number of hydrogen-bond donors (Lipinski definition) is 1. The van der Waals surface area contributed by atoms with Gasteiger partial charge < -0.3 is 19.5 Å². The summed E-state index contributed by atoms with van der Waals surface area (Å²) in [5, 5.41) is 11.1. The summed E-state index contributed by atoms with van der Waals surface area (Å²) in [6.07, 6.45) is 2.35. The van der Waals surface area contributed by atoms with Crippen molar-refractivity contribution in [2.24, 2.45) is 0 Å². The summed E-state index contributed by atoms with van der Waals surface area (Å²) in [4.78, 5) is 34.4. The lowest BCUT2D eigenvalue weighted by Gasteiger charge is -2.28. The van der Waals surface area contributed by atoms with Crippen LogP contribution < -0.4 is 4.74 Å². The molecule has 1 aromatic heterocycles. The molecule has 2 fully saturated rings. The molecule has 0 saturated carbocycles. The summed E-state index contributed by atoms with van der Waals surface area (Å²) < 4.78 is 11.1. The molecule has 3 heterocycles. The number of likely N-dealkylation sites (tertiary alicyclic amines) is 1. The molecule has 8 heteroatoms. The Bertz CT molecular complexity index is 1030. The molecule has 1 amide bonds. The van der Waals surface area contributed by atoms with E-state index in [2.05, 4.69) is 9.88 Å². The number of carbonyl (C=O) groups excluding carboxylic acids is 2. The van der Waals surface area contributed by atoms with Gasteiger partial charge in [0.15, 0.2) is 0 Å². The fourth-order valence-electron chi connectivity index (χ4n) is 4.36. The van der Waals surface area contributed by atoms with Crippen molar-refractivity contribution in [3.8, 4) is 5.75 Å². The number of rotatable bonds is 8. The second-order valence-corrected chi connectivity index (χ2v) is 8.75. The average Bonchev–Trinajstić information content (AvgIpc) is 3.10. The van der Waals surface area contributed by atoms with Crippen molar-refractivity contribution in [3.63, 3.8) is 0 Å². The third kappa shape index (κ3) is 5.29. The standard InChI is InChI=1S/C26H31N3O5/c1-18(2)34-20-9-7-19(8-10-20)24(30)22-23(21-6-3-4-11-27-21)29(26(32)25(22)31)13-5-12-28-14-16-33-17-15-28/h3-4,6-11,18,23,30H,5,12-17H2,1-2H3/b24-22+. The van der Waals surface area contributed by atoms with Crippen LogP contribution >= 0.6 is 0 Å². The van der Waals surface area contributed by atoms with Gasteiger partial charge in [0.2, 0.25) is 0 Å². The number of nitrogens with zero attached hydrogens (tertiary/aromatic N) is 3. The van der Waals surface area contributed by atoms with Crippen molar-refractivity contribution < 1.29 is 24.2 Å². The first-order valence-electron chi connectivity index (χ1n) is 11.7. The van der Waals surface area contributed by atoms with Crippen molar-refractivity contribution in [1.29, 1.82) is 0 Å². The first-order chi connectivity index (χ1) is 16.5. The van der Waals surface area contributed by atoms with Crippen LogP contribution in [0.4, 0.5) is 0 Å². The van der Waals surface area contributed by atoms with Crippen molar-refractivity contribution in [3.05, 3.63) is 65.5 Å². The van der Waals surface area contributed by atoms with Crippen molar-refractivity contribution in [2.75, 3.05) is 39.4 Å². The van der Waals surface area contributed by atoms with Crippen molar-refractivity contribution in [1.82, 2.24) is 14.8 Å². The number of Topliss-reactive ketones (excluding diaryl/α,β-unsaturated/α-hetero) is 1. The minimum absolute atomic E-state index is 0.0198. The fraction of sp³-hybridized carbons (Fsp3) is 0.423. The van der Waals surface area contributed by atoms with Gasteiger partial charge in [-0.2, -0.15) is 0 Å². The van der Waals surface area contributed by atoms with E-state index in [1.54, 1.807) is 42.6 Å². The highest BCUT2D eigenvalue weighted by molar-refractivity contribution is 6.46. The summed E-state index contributed by atoms with van der Waals surface area (Å²) in [6.45, 7) is 8.19. The monoisotopic (exact) mass is 465 g/mol. The first-order valence-corrected chi connectivity index (χ1v) is 11.7. The second kappa shape index (κ2) is 10.8. The third-order valence-corrected chi connectivity index (χ3v) is 5.98. The molecule has 4 rings (SSSR count). The van der Waals surface area contributed by atoms with Crippen LogP contribution in [0.15, 0.2) is 54.2 Å². The van der Waals surface area contributed by atoms with Crippen LogP contribution in [0.25, 0.3) is 5.76 Å². The van der Waals surface area contributed by atoms with Gasteiger partial charge in [-0.15, -0.1) is 0 Å². The Labute approximate surface area is 199 Å². The number of ether oxygens (including phenoxy) is 2. The van der Waals surface area contributed by atoms with Gasteiger partial charge in [-0.25, -0.2) is 0 Å². The Morgan fingerprint density at radius 3 is 2.50 bits per heavy atom. The summed E-state index contributed by atoms with van der Waals surface area (Å²) in [5.41, 5.74) is 1.06. The fourth-order valence-corrected chi connectivity index (χ4v) is 4.36. The van der Waals surface area contributed by atoms with Crippen LogP contribution in [0.1, 0.15) is 37.6 Å². The summed E-state index contributed by atoms with van der Waals surface area (Å²) >= 11 is 0. The number of benzene rings is 1. The van der Waals surface area contributed by atoms with Crippen LogP contribution in [0.5, 0.6) is 5.75 Å². The van der Waals surface area contributed by atoms with Gasteiger partial charge in [0.1, 0.15) is 17.6 Å². The summed E-state index contributed by atoms with van der Waals surface area (Å²) in [5.74, 6) is -0.849. The van der Waals surface area contributed by atoms with Gasteiger partial charge in [0, 0.05) is 37.9 Å².